The molecule has 0 spiro atoms. The summed E-state index contributed by atoms with van der Waals surface area (Å²) < 4.78 is 0. The third kappa shape index (κ3) is 3.93. The maximum atomic E-state index is 12.6. The number of nitrogens with two attached hydrogens (primary N) is 1. The predicted molar refractivity (Wildman–Crippen MR) is 92.1 cm³/mol. The minimum atomic E-state index is -0.0888. The second kappa shape index (κ2) is 6.58. The molecule has 0 saturated heterocycles. The summed E-state index contributed by atoms with van der Waals surface area (Å²) in [5.41, 5.74) is 8.32. The van der Waals surface area contributed by atoms with E-state index in [1.54, 1.807) is 16.2 Å². The Balaban J connectivity index is 2.20. The fourth-order valence-corrected chi connectivity index (χ4v) is 3.07. The van der Waals surface area contributed by atoms with E-state index in [9.17, 15) is 4.79 Å². The molecular formula is C17H23N3OS. The molecule has 2 rings (SSSR count). The van der Waals surface area contributed by atoms with Crippen molar-refractivity contribution in [2.75, 3.05) is 20.1 Å². The number of aromatic nitrogens is 1. The van der Waals surface area contributed by atoms with Gasteiger partial charge in [-0.1, -0.05) is 26.0 Å². The maximum Gasteiger partial charge on any atom is 0.253 e. The molecule has 0 unspecified atom stereocenters. The van der Waals surface area contributed by atoms with Gasteiger partial charge in [-0.25, -0.2) is 4.98 Å². The van der Waals surface area contributed by atoms with Crippen molar-refractivity contribution in [3.05, 3.63) is 40.9 Å². The van der Waals surface area contributed by atoms with Gasteiger partial charge < -0.3 is 10.6 Å². The van der Waals surface area contributed by atoms with Gasteiger partial charge in [0.05, 0.1) is 0 Å². The molecule has 0 fully saturated rings. The standard InChI is InChI=1S/C17H23N3OS/c1-12-9-22-15(19-12)13-6-5-7-14(8-13)16(21)20(4)11-17(2,3)10-18/h5-9H,10-11,18H2,1-4H3. The first-order valence-corrected chi connectivity index (χ1v) is 8.18. The van der Waals surface area contributed by atoms with Gasteiger partial charge in [-0.2, -0.15) is 0 Å². The Kier molecular flexibility index (Phi) is 4.98. The van der Waals surface area contributed by atoms with Crippen molar-refractivity contribution >= 4 is 17.2 Å². The maximum absolute atomic E-state index is 12.6. The smallest absolute Gasteiger partial charge is 0.253 e. The van der Waals surface area contributed by atoms with Crippen LogP contribution in [0.3, 0.4) is 0 Å². The highest BCUT2D eigenvalue weighted by Gasteiger charge is 2.22. The summed E-state index contributed by atoms with van der Waals surface area (Å²) in [6.07, 6.45) is 0. The van der Waals surface area contributed by atoms with Crippen LogP contribution in [-0.2, 0) is 0 Å². The monoisotopic (exact) mass is 317 g/mol. The molecule has 2 aromatic rings. The molecule has 1 heterocycles. The minimum Gasteiger partial charge on any atom is -0.341 e. The Morgan fingerprint density at radius 1 is 1.41 bits per heavy atom. The molecule has 4 nitrogen and oxygen atoms in total. The molecule has 0 saturated carbocycles. The van der Waals surface area contributed by atoms with Crippen LogP contribution < -0.4 is 5.73 Å². The summed E-state index contributed by atoms with van der Waals surface area (Å²) in [4.78, 5) is 18.8. The van der Waals surface area contributed by atoms with Crippen LogP contribution in [0.15, 0.2) is 29.6 Å². The van der Waals surface area contributed by atoms with E-state index in [1.807, 2.05) is 43.6 Å². The largest absolute Gasteiger partial charge is 0.341 e. The molecule has 2 N–H and O–H groups in total. The van der Waals surface area contributed by atoms with E-state index in [-0.39, 0.29) is 11.3 Å². The van der Waals surface area contributed by atoms with Crippen LogP contribution in [0.2, 0.25) is 0 Å². The first-order valence-electron chi connectivity index (χ1n) is 7.30. The van der Waals surface area contributed by atoms with E-state index in [2.05, 4.69) is 18.8 Å². The Labute approximate surface area is 136 Å². The molecule has 0 aliphatic heterocycles. The topological polar surface area (TPSA) is 59.2 Å². The molecule has 0 aliphatic carbocycles. The number of aryl methyl sites for hydroxylation is 1. The number of amides is 1. The summed E-state index contributed by atoms with van der Waals surface area (Å²) in [6, 6.07) is 7.64. The Morgan fingerprint density at radius 2 is 2.14 bits per heavy atom. The lowest BCUT2D eigenvalue weighted by Crippen LogP contribution is -2.39. The Morgan fingerprint density at radius 3 is 2.73 bits per heavy atom. The fraction of sp³-hybridized carbons (Fsp3) is 0.412. The molecule has 0 atom stereocenters. The van der Waals surface area contributed by atoms with E-state index in [0.29, 0.717) is 18.7 Å². The van der Waals surface area contributed by atoms with E-state index in [1.165, 1.54) is 0 Å². The molecule has 22 heavy (non-hydrogen) atoms. The molecule has 118 valence electrons. The normalized spacial score (nSPS) is 11.5. The van der Waals surface area contributed by atoms with Crippen LogP contribution in [0.25, 0.3) is 10.6 Å². The van der Waals surface area contributed by atoms with Crippen molar-refractivity contribution in [2.45, 2.75) is 20.8 Å². The number of hydrogen-bond donors (Lipinski definition) is 1. The van der Waals surface area contributed by atoms with Crippen LogP contribution in [0.1, 0.15) is 29.9 Å². The van der Waals surface area contributed by atoms with Gasteiger partial charge in [0.1, 0.15) is 5.01 Å². The second-order valence-electron chi connectivity index (χ2n) is 6.40. The van der Waals surface area contributed by atoms with Crippen molar-refractivity contribution < 1.29 is 4.79 Å². The zero-order valence-electron chi connectivity index (χ0n) is 13.6. The second-order valence-corrected chi connectivity index (χ2v) is 7.26. The number of hydrogen-bond acceptors (Lipinski definition) is 4. The number of thiazole rings is 1. The molecule has 0 aliphatic rings. The first-order chi connectivity index (χ1) is 10.3. The molecule has 1 amide bonds. The van der Waals surface area contributed by atoms with Crippen LogP contribution in [0.4, 0.5) is 0 Å². The van der Waals surface area contributed by atoms with Gasteiger partial charge in [0.15, 0.2) is 0 Å². The molecule has 1 aromatic carbocycles. The van der Waals surface area contributed by atoms with Crippen molar-refractivity contribution in [1.29, 1.82) is 0 Å². The molecule has 5 heteroatoms. The summed E-state index contributed by atoms with van der Waals surface area (Å²) >= 11 is 1.59. The summed E-state index contributed by atoms with van der Waals surface area (Å²) in [5.74, 6) is 0.0108. The SMILES string of the molecule is Cc1csc(-c2cccc(C(=O)N(C)CC(C)(C)CN)c2)n1. The van der Waals surface area contributed by atoms with Crippen LogP contribution in [0, 0.1) is 12.3 Å². The van der Waals surface area contributed by atoms with Crippen molar-refractivity contribution in [2.24, 2.45) is 11.1 Å². The summed E-state index contributed by atoms with van der Waals surface area (Å²) in [6.45, 7) is 7.26. The Bertz CT molecular complexity index is 663. The summed E-state index contributed by atoms with van der Waals surface area (Å²) in [5, 5.41) is 2.96. The molecular weight excluding hydrogens is 294 g/mol. The average molecular weight is 317 g/mol. The number of carbonyl (C=O) groups is 1. The zero-order chi connectivity index (χ0) is 16.3. The van der Waals surface area contributed by atoms with Gasteiger partial charge >= 0.3 is 0 Å². The highest BCUT2D eigenvalue weighted by atomic mass is 32.1. The quantitative estimate of drug-likeness (QED) is 0.921. The van der Waals surface area contributed by atoms with Crippen LogP contribution in [0.5, 0.6) is 0 Å². The van der Waals surface area contributed by atoms with Gasteiger partial charge in [-0.3, -0.25) is 4.79 Å². The van der Waals surface area contributed by atoms with E-state index in [0.717, 1.165) is 16.3 Å². The highest BCUT2D eigenvalue weighted by molar-refractivity contribution is 7.13. The lowest BCUT2D eigenvalue weighted by atomic mass is 9.93. The summed E-state index contributed by atoms with van der Waals surface area (Å²) in [7, 11) is 1.82. The number of carbonyl (C=O) groups excluding carboxylic acids is 1. The first kappa shape index (κ1) is 16.6. The van der Waals surface area contributed by atoms with Gasteiger partial charge in [0.2, 0.25) is 0 Å². The Hall–Kier alpha value is -1.72. The van der Waals surface area contributed by atoms with Gasteiger partial charge in [0.25, 0.3) is 5.91 Å². The van der Waals surface area contributed by atoms with Gasteiger partial charge in [-0.05, 0) is 31.0 Å². The van der Waals surface area contributed by atoms with Crippen molar-refractivity contribution in [1.82, 2.24) is 9.88 Å². The lowest BCUT2D eigenvalue weighted by Gasteiger charge is -2.29. The lowest BCUT2D eigenvalue weighted by molar-refractivity contribution is 0.0740. The van der Waals surface area contributed by atoms with Crippen LogP contribution in [-0.4, -0.2) is 35.9 Å². The molecule has 0 bridgehead atoms. The molecule has 0 radical (unpaired) electrons. The van der Waals surface area contributed by atoms with Crippen molar-refractivity contribution in [3.63, 3.8) is 0 Å². The highest BCUT2D eigenvalue weighted by Crippen LogP contribution is 2.25. The van der Waals surface area contributed by atoms with E-state index < -0.39 is 0 Å². The van der Waals surface area contributed by atoms with Gasteiger partial charge in [-0.15, -0.1) is 11.3 Å². The average Bonchev–Trinajstić information content (AvgIpc) is 2.93. The molecule has 1 aromatic heterocycles. The fourth-order valence-electron chi connectivity index (χ4n) is 2.27. The van der Waals surface area contributed by atoms with E-state index >= 15 is 0 Å². The zero-order valence-corrected chi connectivity index (χ0v) is 14.4. The third-order valence-corrected chi connectivity index (χ3v) is 4.55. The van der Waals surface area contributed by atoms with E-state index in [4.69, 9.17) is 5.73 Å². The minimum absolute atomic E-state index is 0.0108. The van der Waals surface area contributed by atoms with Crippen LogP contribution >= 0.6 is 11.3 Å². The number of nitrogens with zero attached hydrogens (tertiary/aromatic N) is 2. The van der Waals surface area contributed by atoms with Gasteiger partial charge in [0, 0.05) is 35.8 Å². The predicted octanol–water partition coefficient (Wildman–Crippen LogP) is 3.18. The number of rotatable bonds is 5. The number of benzene rings is 1. The van der Waals surface area contributed by atoms with Crippen molar-refractivity contribution in [3.8, 4) is 10.6 Å². The third-order valence-electron chi connectivity index (χ3n) is 3.54.